The van der Waals surface area contributed by atoms with E-state index in [-0.39, 0.29) is 0 Å². The van der Waals surface area contributed by atoms with Gasteiger partial charge in [-0.05, 0) is 25.8 Å². The molecule has 0 saturated heterocycles. The molecule has 0 atom stereocenters. The Balaban J connectivity index is 2.25. The van der Waals surface area contributed by atoms with Crippen LogP contribution in [0.4, 0.5) is 5.69 Å². The van der Waals surface area contributed by atoms with Crippen molar-refractivity contribution < 1.29 is 0 Å². The molecule has 1 aromatic rings. The predicted octanol–water partition coefficient (Wildman–Crippen LogP) is 3.48. The third-order valence-electron chi connectivity index (χ3n) is 3.97. The quantitative estimate of drug-likeness (QED) is 0.756. The first-order chi connectivity index (χ1) is 10.2. The standard InChI is InChI=1S/C17H30N4/c1-5-7-10-21(14-8-9-14)16-12-19-17(13(3)4)20-15(16)11-18-6-2/h12-14,18H,5-11H2,1-4H3. The maximum absolute atomic E-state index is 4.83. The lowest BCUT2D eigenvalue weighted by atomic mass is 10.2. The predicted molar refractivity (Wildman–Crippen MR) is 88.8 cm³/mol. The molecule has 0 aliphatic heterocycles. The van der Waals surface area contributed by atoms with Gasteiger partial charge in [-0.2, -0.15) is 0 Å². The number of hydrogen-bond acceptors (Lipinski definition) is 4. The van der Waals surface area contributed by atoms with Crippen LogP contribution >= 0.6 is 0 Å². The van der Waals surface area contributed by atoms with Crippen molar-refractivity contribution in [3.8, 4) is 0 Å². The Morgan fingerprint density at radius 3 is 2.67 bits per heavy atom. The second-order valence-electron chi connectivity index (χ2n) is 6.27. The van der Waals surface area contributed by atoms with Crippen LogP contribution < -0.4 is 10.2 Å². The molecule has 4 nitrogen and oxygen atoms in total. The third kappa shape index (κ3) is 4.40. The summed E-state index contributed by atoms with van der Waals surface area (Å²) in [5, 5.41) is 3.42. The fraction of sp³-hybridized carbons (Fsp3) is 0.765. The molecule has 1 saturated carbocycles. The van der Waals surface area contributed by atoms with Gasteiger partial charge in [-0.1, -0.05) is 34.1 Å². The van der Waals surface area contributed by atoms with Crippen LogP contribution in [-0.2, 0) is 6.54 Å². The molecule has 1 fully saturated rings. The van der Waals surface area contributed by atoms with Gasteiger partial charge in [0.1, 0.15) is 5.82 Å². The zero-order chi connectivity index (χ0) is 15.2. The van der Waals surface area contributed by atoms with E-state index in [2.05, 4.69) is 49.1 Å². The first kappa shape index (κ1) is 16.2. The molecule has 2 rings (SSSR count). The third-order valence-corrected chi connectivity index (χ3v) is 3.97. The van der Waals surface area contributed by atoms with Crippen LogP contribution in [0.2, 0.25) is 0 Å². The Hall–Kier alpha value is -1.16. The summed E-state index contributed by atoms with van der Waals surface area (Å²) >= 11 is 0. The van der Waals surface area contributed by atoms with Gasteiger partial charge in [-0.15, -0.1) is 0 Å². The Morgan fingerprint density at radius 2 is 2.10 bits per heavy atom. The van der Waals surface area contributed by atoms with Gasteiger partial charge in [0.15, 0.2) is 0 Å². The molecule has 21 heavy (non-hydrogen) atoms. The first-order valence-corrected chi connectivity index (χ1v) is 8.50. The molecular weight excluding hydrogens is 260 g/mol. The molecule has 118 valence electrons. The zero-order valence-electron chi connectivity index (χ0n) is 14.0. The number of aromatic nitrogens is 2. The highest BCUT2D eigenvalue weighted by Gasteiger charge is 2.30. The van der Waals surface area contributed by atoms with Crippen LogP contribution in [0.1, 0.15) is 70.8 Å². The molecule has 0 radical (unpaired) electrons. The Bertz CT molecular complexity index is 440. The van der Waals surface area contributed by atoms with Gasteiger partial charge >= 0.3 is 0 Å². The molecule has 1 aromatic heterocycles. The lowest BCUT2D eigenvalue weighted by Crippen LogP contribution is -2.29. The van der Waals surface area contributed by atoms with Crippen molar-refractivity contribution in [1.29, 1.82) is 0 Å². The molecule has 1 N–H and O–H groups in total. The highest BCUT2D eigenvalue weighted by atomic mass is 15.2. The number of unbranched alkanes of at least 4 members (excludes halogenated alkanes) is 1. The van der Waals surface area contributed by atoms with Gasteiger partial charge in [-0.25, -0.2) is 9.97 Å². The second-order valence-corrected chi connectivity index (χ2v) is 6.27. The molecule has 0 aromatic carbocycles. The van der Waals surface area contributed by atoms with Gasteiger partial charge in [0, 0.05) is 25.0 Å². The van der Waals surface area contributed by atoms with Crippen molar-refractivity contribution in [3.05, 3.63) is 17.7 Å². The van der Waals surface area contributed by atoms with Crippen LogP contribution in [0.3, 0.4) is 0 Å². The minimum atomic E-state index is 0.379. The van der Waals surface area contributed by atoms with Crippen LogP contribution in [0.15, 0.2) is 6.20 Å². The molecule has 1 aliphatic carbocycles. The van der Waals surface area contributed by atoms with E-state index in [1.807, 2.05) is 0 Å². The van der Waals surface area contributed by atoms with Crippen molar-refractivity contribution in [2.45, 2.75) is 71.9 Å². The Labute approximate surface area is 129 Å². The van der Waals surface area contributed by atoms with E-state index >= 15 is 0 Å². The van der Waals surface area contributed by atoms with Crippen molar-refractivity contribution in [3.63, 3.8) is 0 Å². The Morgan fingerprint density at radius 1 is 1.33 bits per heavy atom. The highest BCUT2D eigenvalue weighted by Crippen LogP contribution is 2.33. The number of rotatable bonds is 9. The van der Waals surface area contributed by atoms with Gasteiger partial charge in [0.2, 0.25) is 0 Å². The normalized spacial score (nSPS) is 14.7. The van der Waals surface area contributed by atoms with Crippen LogP contribution in [0.5, 0.6) is 0 Å². The summed E-state index contributed by atoms with van der Waals surface area (Å²) in [6.07, 6.45) is 7.16. The molecule has 0 amide bonds. The van der Waals surface area contributed by atoms with E-state index in [1.54, 1.807) is 0 Å². The van der Waals surface area contributed by atoms with Crippen molar-refractivity contribution >= 4 is 5.69 Å². The summed E-state index contributed by atoms with van der Waals surface area (Å²) < 4.78 is 0. The SMILES string of the molecule is CCCCN(c1cnc(C(C)C)nc1CNCC)C1CC1. The lowest BCUT2D eigenvalue weighted by molar-refractivity contribution is 0.663. The number of nitrogens with one attached hydrogen (secondary N) is 1. The maximum atomic E-state index is 4.83. The second kappa shape index (κ2) is 7.74. The average Bonchev–Trinajstić information content (AvgIpc) is 3.30. The van der Waals surface area contributed by atoms with E-state index in [1.165, 1.54) is 37.1 Å². The van der Waals surface area contributed by atoms with Gasteiger partial charge in [-0.3, -0.25) is 0 Å². The molecule has 4 heteroatoms. The number of nitrogens with zero attached hydrogens (tertiary/aromatic N) is 3. The lowest BCUT2D eigenvalue weighted by Gasteiger charge is -2.26. The number of anilines is 1. The summed E-state index contributed by atoms with van der Waals surface area (Å²) in [7, 11) is 0. The monoisotopic (exact) mass is 290 g/mol. The minimum absolute atomic E-state index is 0.379. The minimum Gasteiger partial charge on any atom is -0.366 e. The topological polar surface area (TPSA) is 41.1 Å². The van der Waals surface area contributed by atoms with Gasteiger partial charge in [0.05, 0.1) is 17.6 Å². The van der Waals surface area contributed by atoms with E-state index in [4.69, 9.17) is 4.98 Å². The smallest absolute Gasteiger partial charge is 0.131 e. The van der Waals surface area contributed by atoms with Crippen molar-refractivity contribution in [2.24, 2.45) is 0 Å². The molecule has 0 unspecified atom stereocenters. The first-order valence-electron chi connectivity index (χ1n) is 8.50. The van der Waals surface area contributed by atoms with Crippen LogP contribution in [0, 0.1) is 0 Å². The van der Waals surface area contributed by atoms with E-state index in [0.717, 1.165) is 25.5 Å². The van der Waals surface area contributed by atoms with Crippen LogP contribution in [-0.4, -0.2) is 29.1 Å². The largest absolute Gasteiger partial charge is 0.366 e. The van der Waals surface area contributed by atoms with Crippen molar-refractivity contribution in [2.75, 3.05) is 18.0 Å². The molecular formula is C17H30N4. The summed E-state index contributed by atoms with van der Waals surface area (Å²) in [6.45, 7) is 11.6. The van der Waals surface area contributed by atoms with E-state index < -0.39 is 0 Å². The number of hydrogen-bond donors (Lipinski definition) is 1. The molecule has 1 heterocycles. The summed E-state index contributed by atoms with van der Waals surface area (Å²) in [4.78, 5) is 12.0. The summed E-state index contributed by atoms with van der Waals surface area (Å²) in [5.41, 5.74) is 2.41. The fourth-order valence-corrected chi connectivity index (χ4v) is 2.53. The highest BCUT2D eigenvalue weighted by molar-refractivity contribution is 5.51. The summed E-state index contributed by atoms with van der Waals surface area (Å²) in [5.74, 6) is 1.34. The van der Waals surface area contributed by atoms with Crippen molar-refractivity contribution in [1.82, 2.24) is 15.3 Å². The van der Waals surface area contributed by atoms with E-state index in [9.17, 15) is 0 Å². The Kier molecular flexibility index (Phi) is 5.97. The van der Waals surface area contributed by atoms with E-state index in [0.29, 0.717) is 12.0 Å². The molecule has 0 bridgehead atoms. The molecule has 0 spiro atoms. The summed E-state index contributed by atoms with van der Waals surface area (Å²) in [6, 6.07) is 0.713. The van der Waals surface area contributed by atoms with Crippen LogP contribution in [0.25, 0.3) is 0 Å². The fourth-order valence-electron chi connectivity index (χ4n) is 2.53. The van der Waals surface area contributed by atoms with Gasteiger partial charge in [0.25, 0.3) is 0 Å². The zero-order valence-corrected chi connectivity index (χ0v) is 14.0. The maximum Gasteiger partial charge on any atom is 0.131 e. The average molecular weight is 290 g/mol. The molecule has 1 aliphatic rings. The van der Waals surface area contributed by atoms with Gasteiger partial charge < -0.3 is 10.2 Å².